The lowest BCUT2D eigenvalue weighted by molar-refractivity contribution is 0.0644. The van der Waals surface area contributed by atoms with Gasteiger partial charge in [-0.15, -0.1) is 0 Å². The molecule has 0 spiro atoms. The maximum atomic E-state index is 12.4. The second-order valence-electron chi connectivity index (χ2n) is 5.47. The zero-order chi connectivity index (χ0) is 16.8. The summed E-state index contributed by atoms with van der Waals surface area (Å²) in [4.78, 5) is 12.4. The molecule has 1 saturated heterocycles. The molecule has 2 aromatic rings. The molecule has 1 fully saturated rings. The number of para-hydroxylation sites is 1. The van der Waals surface area contributed by atoms with Crippen molar-refractivity contribution in [2.24, 2.45) is 0 Å². The Morgan fingerprint density at radius 2 is 2.00 bits per heavy atom. The minimum absolute atomic E-state index is 0.0765. The van der Waals surface area contributed by atoms with E-state index in [1.54, 1.807) is 42.5 Å². The summed E-state index contributed by atoms with van der Waals surface area (Å²) in [5, 5.41) is 8.79. The summed E-state index contributed by atoms with van der Waals surface area (Å²) in [6.45, 7) is 1.18. The molecule has 0 bridgehead atoms. The van der Waals surface area contributed by atoms with E-state index in [4.69, 9.17) is 19.5 Å². The van der Waals surface area contributed by atoms with Gasteiger partial charge in [-0.25, -0.2) is 4.79 Å². The van der Waals surface area contributed by atoms with Gasteiger partial charge in [0.2, 0.25) is 0 Å². The molecular weight excluding hydrogens is 306 g/mol. The number of ether oxygens (including phenoxy) is 3. The number of nitrogens with zero attached hydrogens (tertiary/aromatic N) is 1. The summed E-state index contributed by atoms with van der Waals surface area (Å²) in [5.41, 5.74) is 0.870. The van der Waals surface area contributed by atoms with Crippen molar-refractivity contribution in [2.45, 2.75) is 18.9 Å². The van der Waals surface area contributed by atoms with Gasteiger partial charge in [0.1, 0.15) is 23.7 Å². The SMILES string of the molecule is N#Cc1ccc(OC(=O)c2ccccc2OCC2CCCO2)cc1. The number of hydrogen-bond donors (Lipinski definition) is 0. The summed E-state index contributed by atoms with van der Waals surface area (Å²) in [5.74, 6) is 0.363. The molecule has 0 amide bonds. The molecule has 0 aromatic heterocycles. The van der Waals surface area contributed by atoms with Crippen LogP contribution in [0.2, 0.25) is 0 Å². The fourth-order valence-corrected chi connectivity index (χ4v) is 2.48. The Morgan fingerprint density at radius 1 is 1.21 bits per heavy atom. The van der Waals surface area contributed by atoms with Crippen LogP contribution in [-0.2, 0) is 4.74 Å². The molecule has 122 valence electrons. The molecule has 5 heteroatoms. The molecule has 5 nitrogen and oxygen atoms in total. The van der Waals surface area contributed by atoms with E-state index in [1.807, 2.05) is 12.1 Å². The highest BCUT2D eigenvalue weighted by atomic mass is 16.5. The van der Waals surface area contributed by atoms with Gasteiger partial charge >= 0.3 is 5.97 Å². The molecule has 1 atom stereocenters. The third kappa shape index (κ3) is 3.92. The van der Waals surface area contributed by atoms with Crippen molar-refractivity contribution in [1.29, 1.82) is 5.26 Å². The third-order valence-corrected chi connectivity index (χ3v) is 3.75. The molecule has 0 aliphatic carbocycles. The van der Waals surface area contributed by atoms with Crippen LogP contribution in [0.4, 0.5) is 0 Å². The van der Waals surface area contributed by atoms with Crippen molar-refractivity contribution >= 4 is 5.97 Å². The predicted molar refractivity (Wildman–Crippen MR) is 87.0 cm³/mol. The van der Waals surface area contributed by atoms with Crippen molar-refractivity contribution in [3.63, 3.8) is 0 Å². The Labute approximate surface area is 140 Å². The number of rotatable bonds is 5. The summed E-state index contributed by atoms with van der Waals surface area (Å²) < 4.78 is 16.6. The maximum Gasteiger partial charge on any atom is 0.347 e. The number of hydrogen-bond acceptors (Lipinski definition) is 5. The van der Waals surface area contributed by atoms with Crippen molar-refractivity contribution in [1.82, 2.24) is 0 Å². The van der Waals surface area contributed by atoms with Crippen LogP contribution in [0.1, 0.15) is 28.8 Å². The van der Waals surface area contributed by atoms with E-state index in [1.165, 1.54) is 0 Å². The number of carbonyl (C=O) groups excluding carboxylic acids is 1. The highest BCUT2D eigenvalue weighted by molar-refractivity contribution is 5.94. The lowest BCUT2D eigenvalue weighted by Gasteiger charge is -2.14. The maximum absolute atomic E-state index is 12.4. The van der Waals surface area contributed by atoms with Gasteiger partial charge in [-0.05, 0) is 49.2 Å². The summed E-state index contributed by atoms with van der Waals surface area (Å²) in [6.07, 6.45) is 2.08. The van der Waals surface area contributed by atoms with Crippen LogP contribution in [-0.4, -0.2) is 25.3 Å². The Morgan fingerprint density at radius 3 is 2.71 bits per heavy atom. The Hall–Kier alpha value is -2.84. The van der Waals surface area contributed by atoms with E-state index in [9.17, 15) is 4.79 Å². The van der Waals surface area contributed by atoms with Crippen LogP contribution in [0.15, 0.2) is 48.5 Å². The zero-order valence-electron chi connectivity index (χ0n) is 13.1. The van der Waals surface area contributed by atoms with Crippen LogP contribution in [0, 0.1) is 11.3 Å². The zero-order valence-corrected chi connectivity index (χ0v) is 13.1. The van der Waals surface area contributed by atoms with Gasteiger partial charge in [-0.2, -0.15) is 5.26 Å². The molecule has 0 N–H and O–H groups in total. The molecule has 1 unspecified atom stereocenters. The molecule has 0 radical (unpaired) electrons. The van der Waals surface area contributed by atoms with E-state index in [2.05, 4.69) is 0 Å². The molecule has 3 rings (SSSR count). The van der Waals surface area contributed by atoms with E-state index >= 15 is 0 Å². The molecule has 0 saturated carbocycles. The monoisotopic (exact) mass is 323 g/mol. The second kappa shape index (κ2) is 7.62. The van der Waals surface area contributed by atoms with E-state index < -0.39 is 5.97 Å². The highest BCUT2D eigenvalue weighted by Gasteiger charge is 2.19. The van der Waals surface area contributed by atoms with Gasteiger partial charge in [0.05, 0.1) is 17.7 Å². The van der Waals surface area contributed by atoms with Crippen LogP contribution >= 0.6 is 0 Å². The first-order valence-electron chi connectivity index (χ1n) is 7.82. The van der Waals surface area contributed by atoms with Gasteiger partial charge in [-0.3, -0.25) is 0 Å². The minimum atomic E-state index is -0.498. The Kier molecular flexibility index (Phi) is 5.09. The first-order valence-corrected chi connectivity index (χ1v) is 7.82. The van der Waals surface area contributed by atoms with E-state index in [0.29, 0.717) is 29.2 Å². The first-order chi connectivity index (χ1) is 11.8. The fourth-order valence-electron chi connectivity index (χ4n) is 2.48. The molecule has 1 aliphatic rings. The van der Waals surface area contributed by atoms with Crippen LogP contribution in [0.3, 0.4) is 0 Å². The van der Waals surface area contributed by atoms with E-state index in [0.717, 1.165) is 19.4 Å². The van der Waals surface area contributed by atoms with Gasteiger partial charge in [-0.1, -0.05) is 12.1 Å². The van der Waals surface area contributed by atoms with Gasteiger partial charge in [0, 0.05) is 6.61 Å². The predicted octanol–water partition coefficient (Wildman–Crippen LogP) is 3.34. The molecular formula is C19H17NO4. The lowest BCUT2D eigenvalue weighted by Crippen LogP contribution is -2.18. The average molecular weight is 323 g/mol. The number of benzene rings is 2. The highest BCUT2D eigenvalue weighted by Crippen LogP contribution is 2.22. The first kappa shape index (κ1) is 16.0. The Bertz CT molecular complexity index is 743. The fraction of sp³-hybridized carbons (Fsp3) is 0.263. The number of esters is 1. The van der Waals surface area contributed by atoms with Crippen molar-refractivity contribution < 1.29 is 19.0 Å². The average Bonchev–Trinajstić information content (AvgIpc) is 3.14. The quantitative estimate of drug-likeness (QED) is 0.623. The van der Waals surface area contributed by atoms with Crippen LogP contribution in [0.25, 0.3) is 0 Å². The van der Waals surface area contributed by atoms with Gasteiger partial charge < -0.3 is 14.2 Å². The normalized spacial score (nSPS) is 16.4. The minimum Gasteiger partial charge on any atom is -0.490 e. The van der Waals surface area contributed by atoms with Crippen molar-refractivity contribution in [3.8, 4) is 17.6 Å². The smallest absolute Gasteiger partial charge is 0.347 e. The third-order valence-electron chi connectivity index (χ3n) is 3.75. The summed E-state index contributed by atoms with van der Waals surface area (Å²) in [6, 6.07) is 15.4. The summed E-state index contributed by atoms with van der Waals surface area (Å²) in [7, 11) is 0. The second-order valence-corrected chi connectivity index (χ2v) is 5.47. The summed E-state index contributed by atoms with van der Waals surface area (Å²) >= 11 is 0. The van der Waals surface area contributed by atoms with Crippen LogP contribution < -0.4 is 9.47 Å². The number of nitriles is 1. The molecule has 1 heterocycles. The molecule has 24 heavy (non-hydrogen) atoms. The molecule has 2 aromatic carbocycles. The Balaban J connectivity index is 1.68. The topological polar surface area (TPSA) is 68.5 Å². The largest absolute Gasteiger partial charge is 0.490 e. The van der Waals surface area contributed by atoms with Gasteiger partial charge in [0.15, 0.2) is 0 Å². The lowest BCUT2D eigenvalue weighted by atomic mass is 10.2. The standard InChI is InChI=1S/C19H17NO4/c20-12-14-7-9-15(10-8-14)24-19(21)17-5-1-2-6-18(17)23-13-16-4-3-11-22-16/h1-2,5-10,16H,3-4,11,13H2. The van der Waals surface area contributed by atoms with Crippen molar-refractivity contribution in [3.05, 3.63) is 59.7 Å². The van der Waals surface area contributed by atoms with Gasteiger partial charge in [0.25, 0.3) is 0 Å². The van der Waals surface area contributed by atoms with E-state index in [-0.39, 0.29) is 6.10 Å². The van der Waals surface area contributed by atoms with Crippen molar-refractivity contribution in [2.75, 3.05) is 13.2 Å². The van der Waals surface area contributed by atoms with Crippen LogP contribution in [0.5, 0.6) is 11.5 Å². The number of carbonyl (C=O) groups is 1. The molecule has 1 aliphatic heterocycles.